The van der Waals surface area contributed by atoms with E-state index in [-0.39, 0.29) is 23.4 Å². The van der Waals surface area contributed by atoms with E-state index in [0.29, 0.717) is 27.2 Å². The average Bonchev–Trinajstić information content (AvgIpc) is 3.44. The number of carbonyl (C=O) groups excluding carboxylic acids is 2. The number of aromatic nitrogens is 2. The van der Waals surface area contributed by atoms with Gasteiger partial charge in [0.2, 0.25) is 0 Å². The van der Waals surface area contributed by atoms with Gasteiger partial charge in [0.1, 0.15) is 15.5 Å². The number of esters is 1. The first-order valence-electron chi connectivity index (χ1n) is 11.0. The molecule has 0 radical (unpaired) electrons. The zero-order valence-electron chi connectivity index (χ0n) is 19.1. The van der Waals surface area contributed by atoms with E-state index in [2.05, 4.69) is 24.9 Å². The van der Waals surface area contributed by atoms with Gasteiger partial charge in [-0.2, -0.15) is 0 Å². The minimum Gasteiger partial charge on any atom is -0.453 e. The maximum absolute atomic E-state index is 12.8. The summed E-state index contributed by atoms with van der Waals surface area (Å²) in [6.45, 7) is 6.18. The summed E-state index contributed by atoms with van der Waals surface area (Å²) in [6, 6.07) is 8.05. The van der Waals surface area contributed by atoms with Gasteiger partial charge in [0, 0.05) is 42.9 Å². The predicted octanol–water partition coefficient (Wildman–Crippen LogP) is 3.75. The highest BCUT2D eigenvalue weighted by atomic mass is 32.1. The Hall–Kier alpha value is -3.26. The number of nitrogens with zero attached hydrogens (tertiary/aromatic N) is 3. The first-order valence-corrected chi connectivity index (χ1v) is 11.8. The number of ketones is 1. The van der Waals surface area contributed by atoms with Crippen molar-refractivity contribution in [3.63, 3.8) is 0 Å². The first kappa shape index (κ1) is 21.6. The highest BCUT2D eigenvalue weighted by Crippen LogP contribution is 2.46. The summed E-state index contributed by atoms with van der Waals surface area (Å²) in [5.74, 6) is -0.129. The average molecular weight is 464 g/mol. The summed E-state index contributed by atoms with van der Waals surface area (Å²) in [6.07, 6.45) is 3.23. The predicted molar refractivity (Wildman–Crippen MR) is 128 cm³/mol. The molecule has 170 valence electrons. The van der Waals surface area contributed by atoms with Crippen LogP contribution in [0, 0.1) is 6.92 Å². The van der Waals surface area contributed by atoms with E-state index in [1.807, 2.05) is 30.1 Å². The van der Waals surface area contributed by atoms with Gasteiger partial charge in [0.25, 0.3) is 5.56 Å². The molecule has 8 heteroatoms. The number of carbonyl (C=O) groups is 2. The molecule has 0 spiro atoms. The van der Waals surface area contributed by atoms with Crippen LogP contribution in [0.3, 0.4) is 0 Å². The molecule has 2 aliphatic rings. The number of para-hydroxylation sites is 1. The fourth-order valence-corrected chi connectivity index (χ4v) is 6.01. The second-order valence-electron chi connectivity index (χ2n) is 9.10. The summed E-state index contributed by atoms with van der Waals surface area (Å²) in [5.41, 5.74) is 3.20. The number of likely N-dealkylation sites (N-methyl/N-ethyl adjacent to an activating group) is 1. The monoisotopic (exact) mass is 463 g/mol. The number of hydrogen-bond acceptors (Lipinski definition) is 7. The lowest BCUT2D eigenvalue weighted by atomic mass is 9.83. The molecule has 5 rings (SSSR count). The number of aryl methyl sites for hydroxylation is 2. The number of rotatable bonds is 4. The van der Waals surface area contributed by atoms with E-state index < -0.39 is 5.97 Å². The largest absolute Gasteiger partial charge is 0.453 e. The van der Waals surface area contributed by atoms with E-state index in [9.17, 15) is 14.4 Å². The van der Waals surface area contributed by atoms with Crippen LogP contribution in [-0.4, -0.2) is 35.0 Å². The number of ether oxygens (including phenoxy) is 1. The normalized spacial score (nSPS) is 17.5. The minimum atomic E-state index is -0.603. The molecule has 1 aromatic carbocycles. The third kappa shape index (κ3) is 3.31. The fourth-order valence-electron chi connectivity index (χ4n) is 4.93. The molecule has 0 unspecified atom stereocenters. The summed E-state index contributed by atoms with van der Waals surface area (Å²) >= 11 is 1.15. The molecule has 0 saturated heterocycles. The van der Waals surface area contributed by atoms with Gasteiger partial charge >= 0.3 is 5.97 Å². The molecule has 0 bridgehead atoms. The zero-order chi connectivity index (χ0) is 23.5. The Bertz CT molecular complexity index is 1410. The molecule has 0 aliphatic carbocycles. The number of anilines is 1. The van der Waals surface area contributed by atoms with Crippen LogP contribution in [0.4, 0.5) is 5.69 Å². The molecule has 0 fully saturated rings. The Morgan fingerprint density at radius 2 is 2.03 bits per heavy atom. The van der Waals surface area contributed by atoms with E-state index in [0.717, 1.165) is 47.0 Å². The van der Waals surface area contributed by atoms with Crippen molar-refractivity contribution in [1.82, 2.24) is 9.55 Å². The Kier molecular flexibility index (Phi) is 5.01. The second kappa shape index (κ2) is 7.66. The van der Waals surface area contributed by atoms with Crippen LogP contribution in [0.25, 0.3) is 10.2 Å². The van der Waals surface area contributed by atoms with Crippen molar-refractivity contribution in [3.05, 3.63) is 68.2 Å². The number of fused-ring (bicyclic) bond motifs is 3. The van der Waals surface area contributed by atoms with Gasteiger partial charge < -0.3 is 9.64 Å². The van der Waals surface area contributed by atoms with Gasteiger partial charge in [-0.25, -0.2) is 9.78 Å². The smallest absolute Gasteiger partial charge is 0.349 e. The van der Waals surface area contributed by atoms with Gasteiger partial charge in [-0.3, -0.25) is 14.2 Å². The third-order valence-electron chi connectivity index (χ3n) is 6.68. The lowest BCUT2D eigenvalue weighted by Gasteiger charge is -2.23. The van der Waals surface area contributed by atoms with Gasteiger partial charge in [-0.05, 0) is 30.5 Å². The summed E-state index contributed by atoms with van der Waals surface area (Å²) in [5, 5.41) is 0.470. The van der Waals surface area contributed by atoms with Crippen molar-refractivity contribution >= 4 is 39.0 Å². The number of allylic oxidation sites excluding steroid dienone is 1. The molecular weight excluding hydrogens is 438 g/mol. The van der Waals surface area contributed by atoms with Crippen LogP contribution in [0.5, 0.6) is 0 Å². The highest BCUT2D eigenvalue weighted by Gasteiger charge is 2.38. The highest BCUT2D eigenvalue weighted by molar-refractivity contribution is 7.20. The van der Waals surface area contributed by atoms with E-state index in [1.54, 1.807) is 17.6 Å². The molecule has 0 N–H and O–H groups in total. The van der Waals surface area contributed by atoms with Gasteiger partial charge in [0.05, 0.1) is 5.39 Å². The van der Waals surface area contributed by atoms with Crippen LogP contribution in [0.15, 0.2) is 40.8 Å². The second-order valence-corrected chi connectivity index (χ2v) is 10.1. The van der Waals surface area contributed by atoms with Crippen molar-refractivity contribution in [3.8, 4) is 0 Å². The Morgan fingerprint density at radius 1 is 1.27 bits per heavy atom. The maximum atomic E-state index is 12.8. The van der Waals surface area contributed by atoms with Crippen LogP contribution < -0.4 is 10.5 Å². The summed E-state index contributed by atoms with van der Waals surface area (Å²) in [4.78, 5) is 45.8. The summed E-state index contributed by atoms with van der Waals surface area (Å²) in [7, 11) is 1.93. The van der Waals surface area contributed by atoms with Gasteiger partial charge in [0.15, 0.2) is 12.4 Å². The minimum absolute atomic E-state index is 0.104. The molecule has 0 amide bonds. The zero-order valence-corrected chi connectivity index (χ0v) is 19.9. The number of hydrogen-bond donors (Lipinski definition) is 0. The van der Waals surface area contributed by atoms with Crippen molar-refractivity contribution in [2.75, 3.05) is 18.6 Å². The summed E-state index contributed by atoms with van der Waals surface area (Å²) < 4.78 is 7.04. The third-order valence-corrected chi connectivity index (χ3v) is 7.85. The molecule has 33 heavy (non-hydrogen) atoms. The van der Waals surface area contributed by atoms with E-state index in [4.69, 9.17) is 4.74 Å². The topological polar surface area (TPSA) is 81.5 Å². The standard InChI is InChI=1S/C25H25N3O4S/c1-14-20-22(26-19-10-7-11-28(19)23(20)30)33-21(14)24(31)32-13-15(29)12-18-25(2,3)16-8-5-6-9-17(16)27(18)4/h5-6,8-9,12H,7,10-11,13H2,1-4H3. The molecule has 7 nitrogen and oxygen atoms in total. The van der Waals surface area contributed by atoms with Crippen LogP contribution in [0.1, 0.15) is 46.9 Å². The van der Waals surface area contributed by atoms with Gasteiger partial charge in [-0.1, -0.05) is 32.0 Å². The Morgan fingerprint density at radius 3 is 2.79 bits per heavy atom. The van der Waals surface area contributed by atoms with Gasteiger partial charge in [-0.15, -0.1) is 11.3 Å². The van der Waals surface area contributed by atoms with Crippen molar-refractivity contribution in [1.29, 1.82) is 0 Å². The lowest BCUT2D eigenvalue weighted by molar-refractivity contribution is -0.117. The van der Waals surface area contributed by atoms with Crippen LogP contribution >= 0.6 is 11.3 Å². The number of benzene rings is 1. The molecule has 0 atom stereocenters. The molecule has 0 saturated carbocycles. The molecule has 4 heterocycles. The fraction of sp³-hybridized carbons (Fsp3) is 0.360. The number of thiophene rings is 1. The van der Waals surface area contributed by atoms with Crippen molar-refractivity contribution in [2.45, 2.75) is 45.6 Å². The van der Waals surface area contributed by atoms with Crippen LogP contribution in [0.2, 0.25) is 0 Å². The molecular formula is C25H25N3O4S. The SMILES string of the molecule is Cc1c(C(=O)OCC(=O)C=C2N(C)c3ccccc3C2(C)C)sc2nc3n(c(=O)c12)CCC3. The van der Waals surface area contributed by atoms with E-state index >= 15 is 0 Å². The van der Waals surface area contributed by atoms with Crippen molar-refractivity contribution < 1.29 is 14.3 Å². The quantitative estimate of drug-likeness (QED) is 0.433. The molecule has 3 aromatic rings. The van der Waals surface area contributed by atoms with E-state index in [1.165, 1.54) is 0 Å². The lowest BCUT2D eigenvalue weighted by Crippen LogP contribution is -2.25. The Balaban J connectivity index is 1.35. The first-order chi connectivity index (χ1) is 15.7. The van der Waals surface area contributed by atoms with Crippen molar-refractivity contribution in [2.24, 2.45) is 0 Å². The van der Waals surface area contributed by atoms with Crippen LogP contribution in [-0.2, 0) is 27.9 Å². The Labute approximate surface area is 195 Å². The molecule has 2 aliphatic heterocycles. The maximum Gasteiger partial charge on any atom is 0.349 e. The molecule has 2 aromatic heterocycles.